The van der Waals surface area contributed by atoms with Crippen LogP contribution in [0.3, 0.4) is 0 Å². The molecular weight excluding hydrogens is 324 g/mol. The first-order valence-electron chi connectivity index (χ1n) is 7.78. The average Bonchev–Trinajstić information content (AvgIpc) is 3.14. The van der Waals surface area contributed by atoms with Crippen molar-refractivity contribution in [1.29, 1.82) is 0 Å². The molecule has 0 unspecified atom stereocenters. The molecule has 2 aromatic heterocycles. The minimum atomic E-state index is -0.0840. The smallest absolute Gasteiger partial charge is 0.230 e. The number of rotatable bonds is 5. The van der Waals surface area contributed by atoms with Crippen LogP contribution in [0.5, 0.6) is 0 Å². The lowest BCUT2D eigenvalue weighted by atomic mass is 10.2. The van der Waals surface area contributed by atoms with Crippen LogP contribution >= 0.6 is 11.3 Å². The van der Waals surface area contributed by atoms with Gasteiger partial charge in [-0.1, -0.05) is 12.1 Å². The molecule has 1 aliphatic rings. The number of aromatic nitrogens is 5. The number of aryl methyl sites for hydroxylation is 1. The van der Waals surface area contributed by atoms with Gasteiger partial charge in [-0.2, -0.15) is 0 Å². The quantitative estimate of drug-likeness (QED) is 0.771. The van der Waals surface area contributed by atoms with Crippen molar-refractivity contribution in [2.24, 2.45) is 0 Å². The molecule has 0 radical (unpaired) electrons. The Bertz CT molecular complexity index is 882. The number of hydrogen-bond donors (Lipinski definition) is 1. The van der Waals surface area contributed by atoms with Gasteiger partial charge in [0.25, 0.3) is 0 Å². The Morgan fingerprint density at radius 1 is 1.42 bits per heavy atom. The maximum atomic E-state index is 12.2. The maximum absolute atomic E-state index is 12.2. The second-order valence-electron chi connectivity index (χ2n) is 5.84. The minimum absolute atomic E-state index is 0.0840. The number of hydrogen-bond acceptors (Lipinski definition) is 6. The highest BCUT2D eigenvalue weighted by Gasteiger charge is 2.28. The zero-order chi connectivity index (χ0) is 16.5. The van der Waals surface area contributed by atoms with Crippen LogP contribution in [0.4, 0.5) is 5.69 Å². The number of thiazole rings is 1. The molecule has 7 nitrogen and oxygen atoms in total. The van der Waals surface area contributed by atoms with Gasteiger partial charge in [0.1, 0.15) is 0 Å². The lowest BCUT2D eigenvalue weighted by Gasteiger charge is -2.07. The van der Waals surface area contributed by atoms with Gasteiger partial charge in [-0.25, -0.2) is 9.67 Å². The van der Waals surface area contributed by atoms with Gasteiger partial charge in [0.05, 0.1) is 23.2 Å². The third-order valence-corrected chi connectivity index (χ3v) is 4.62. The topological polar surface area (TPSA) is 85.6 Å². The fraction of sp³-hybridized carbons (Fsp3) is 0.312. The van der Waals surface area contributed by atoms with E-state index in [2.05, 4.69) is 25.8 Å². The van der Waals surface area contributed by atoms with Crippen molar-refractivity contribution < 1.29 is 4.79 Å². The number of benzene rings is 1. The lowest BCUT2D eigenvalue weighted by Crippen LogP contribution is -2.14. The summed E-state index contributed by atoms with van der Waals surface area (Å²) in [4.78, 5) is 16.5. The molecule has 1 saturated carbocycles. The van der Waals surface area contributed by atoms with E-state index in [-0.39, 0.29) is 12.3 Å². The van der Waals surface area contributed by atoms with E-state index in [1.54, 1.807) is 11.3 Å². The highest BCUT2D eigenvalue weighted by atomic mass is 32.1. The molecule has 8 heteroatoms. The molecule has 0 bridgehead atoms. The van der Waals surface area contributed by atoms with Gasteiger partial charge in [0.2, 0.25) is 5.91 Å². The Kier molecular flexibility index (Phi) is 3.81. The molecule has 1 fully saturated rings. The van der Waals surface area contributed by atoms with Crippen LogP contribution in [0.2, 0.25) is 0 Å². The van der Waals surface area contributed by atoms with Crippen LogP contribution in [-0.4, -0.2) is 31.1 Å². The monoisotopic (exact) mass is 340 g/mol. The summed E-state index contributed by atoms with van der Waals surface area (Å²) >= 11 is 1.55. The van der Waals surface area contributed by atoms with Crippen molar-refractivity contribution in [1.82, 2.24) is 25.2 Å². The summed E-state index contributed by atoms with van der Waals surface area (Å²) in [6.45, 7) is 1.93. The summed E-state index contributed by atoms with van der Waals surface area (Å²) in [6.07, 6.45) is 2.50. The van der Waals surface area contributed by atoms with E-state index in [4.69, 9.17) is 0 Å². The Balaban J connectivity index is 1.50. The summed E-state index contributed by atoms with van der Waals surface area (Å²) in [6, 6.07) is 8.00. The van der Waals surface area contributed by atoms with E-state index >= 15 is 0 Å². The fourth-order valence-electron chi connectivity index (χ4n) is 2.54. The maximum Gasteiger partial charge on any atom is 0.230 e. The highest BCUT2D eigenvalue weighted by molar-refractivity contribution is 7.09. The lowest BCUT2D eigenvalue weighted by molar-refractivity contribution is -0.115. The first-order valence-corrected chi connectivity index (χ1v) is 8.66. The van der Waals surface area contributed by atoms with Crippen LogP contribution in [0.15, 0.2) is 29.6 Å². The summed E-state index contributed by atoms with van der Waals surface area (Å²) in [5.74, 6) is 0.656. The molecule has 0 aliphatic heterocycles. The molecule has 1 aromatic carbocycles. The van der Waals surface area contributed by atoms with Gasteiger partial charge >= 0.3 is 0 Å². The molecule has 1 N–H and O–H groups in total. The normalized spacial score (nSPS) is 13.9. The van der Waals surface area contributed by atoms with Crippen molar-refractivity contribution in [2.45, 2.75) is 32.2 Å². The number of nitrogens with zero attached hydrogens (tertiary/aromatic N) is 5. The molecule has 3 aromatic rings. The van der Waals surface area contributed by atoms with Crippen LogP contribution < -0.4 is 5.32 Å². The van der Waals surface area contributed by atoms with E-state index in [1.807, 2.05) is 41.3 Å². The van der Waals surface area contributed by atoms with Crippen molar-refractivity contribution in [3.63, 3.8) is 0 Å². The Labute approximate surface area is 142 Å². The summed E-state index contributed by atoms with van der Waals surface area (Å²) in [7, 11) is 0. The summed E-state index contributed by atoms with van der Waals surface area (Å²) in [5, 5.41) is 17.8. The van der Waals surface area contributed by atoms with Gasteiger partial charge in [0, 0.05) is 16.6 Å². The van der Waals surface area contributed by atoms with Crippen molar-refractivity contribution in [3.05, 3.63) is 40.3 Å². The third kappa shape index (κ3) is 3.18. The van der Waals surface area contributed by atoms with Gasteiger partial charge < -0.3 is 5.32 Å². The highest BCUT2D eigenvalue weighted by Crippen LogP contribution is 2.36. The first-order chi connectivity index (χ1) is 11.7. The second-order valence-corrected chi connectivity index (χ2v) is 6.90. The van der Waals surface area contributed by atoms with Crippen LogP contribution in [0, 0.1) is 6.92 Å². The largest absolute Gasteiger partial charge is 0.326 e. The van der Waals surface area contributed by atoms with Gasteiger partial charge in [-0.05, 0) is 42.3 Å². The molecule has 0 saturated heterocycles. The number of tetrazole rings is 1. The van der Waals surface area contributed by atoms with Crippen molar-refractivity contribution in [2.75, 3.05) is 5.32 Å². The van der Waals surface area contributed by atoms with Crippen LogP contribution in [0.1, 0.15) is 29.6 Å². The van der Waals surface area contributed by atoms with Crippen LogP contribution in [-0.2, 0) is 11.2 Å². The fourth-order valence-corrected chi connectivity index (χ4v) is 3.16. The number of carbonyl (C=O) groups is 1. The standard InChI is InChI=1S/C16H16N6OS/c1-10-17-13(9-24-10)8-15(23)18-12-4-2-3-11(7-12)16-19-20-21-22(16)14-5-6-14/h2-4,7,9,14H,5-6,8H2,1H3,(H,18,23). The third-order valence-electron chi connectivity index (χ3n) is 3.80. The Morgan fingerprint density at radius 2 is 2.29 bits per heavy atom. The van der Waals surface area contributed by atoms with E-state index in [1.165, 1.54) is 0 Å². The van der Waals surface area contributed by atoms with Gasteiger partial charge in [0.15, 0.2) is 5.82 Å². The van der Waals surface area contributed by atoms with Crippen LogP contribution in [0.25, 0.3) is 11.4 Å². The second kappa shape index (κ2) is 6.12. The Morgan fingerprint density at radius 3 is 3.04 bits per heavy atom. The van der Waals surface area contributed by atoms with Crippen molar-refractivity contribution >= 4 is 22.9 Å². The minimum Gasteiger partial charge on any atom is -0.326 e. The SMILES string of the molecule is Cc1nc(CC(=O)Nc2cccc(-c3nnnn3C3CC3)c2)cs1. The van der Waals surface area contributed by atoms with E-state index in [9.17, 15) is 4.79 Å². The summed E-state index contributed by atoms with van der Waals surface area (Å²) < 4.78 is 1.86. The predicted molar refractivity (Wildman–Crippen MR) is 90.7 cm³/mol. The Hall–Kier alpha value is -2.61. The molecule has 2 heterocycles. The van der Waals surface area contributed by atoms with E-state index in [0.29, 0.717) is 6.04 Å². The zero-order valence-corrected chi connectivity index (χ0v) is 14.0. The molecule has 1 aliphatic carbocycles. The van der Waals surface area contributed by atoms with E-state index in [0.717, 1.165) is 40.6 Å². The molecule has 0 spiro atoms. The zero-order valence-electron chi connectivity index (χ0n) is 13.1. The number of carbonyl (C=O) groups excluding carboxylic acids is 1. The molecule has 4 rings (SSSR count). The predicted octanol–water partition coefficient (Wildman–Crippen LogP) is 2.62. The van der Waals surface area contributed by atoms with Gasteiger partial charge in [-0.3, -0.25) is 4.79 Å². The number of anilines is 1. The first kappa shape index (κ1) is 14.9. The van der Waals surface area contributed by atoms with Gasteiger partial charge in [-0.15, -0.1) is 16.4 Å². The molecule has 1 amide bonds. The average molecular weight is 340 g/mol. The number of amides is 1. The van der Waals surface area contributed by atoms with Crippen molar-refractivity contribution in [3.8, 4) is 11.4 Å². The van der Waals surface area contributed by atoms with E-state index < -0.39 is 0 Å². The molecule has 122 valence electrons. The molecule has 24 heavy (non-hydrogen) atoms. The molecule has 0 atom stereocenters. The molecular formula is C16H16N6OS. The number of nitrogens with one attached hydrogen (secondary N) is 1. The summed E-state index contributed by atoms with van der Waals surface area (Å²) in [5.41, 5.74) is 2.42.